The summed E-state index contributed by atoms with van der Waals surface area (Å²) < 4.78 is 9.72. The lowest BCUT2D eigenvalue weighted by molar-refractivity contribution is -0.151. The van der Waals surface area contributed by atoms with Gasteiger partial charge in [0.15, 0.2) is 23.1 Å². The Labute approximate surface area is 237 Å². The molecule has 0 saturated heterocycles. The number of phenols is 1. The van der Waals surface area contributed by atoms with Crippen LogP contribution in [0.4, 0.5) is 0 Å². The third-order valence-corrected chi connectivity index (χ3v) is 9.75. The van der Waals surface area contributed by atoms with Gasteiger partial charge in [-0.25, -0.2) is 23.5 Å². The van der Waals surface area contributed by atoms with Crippen LogP contribution in [0.15, 0.2) is 80.9 Å². The minimum absolute atomic E-state index is 0.0311. The smallest absolute Gasteiger partial charge is 0.352 e. The van der Waals surface area contributed by atoms with E-state index in [1.165, 1.54) is 15.4 Å². The SMILES string of the molecule is CCOc1cc(C2C3=CCn4c(=O)n(-c5ccccc5)c(=O)n4C3CC3(C)C(=O)C(C)=C(C)C(=O)C23C)ccc1O. The molecule has 4 unspecified atom stereocenters. The maximum Gasteiger partial charge on any atom is 0.352 e. The Morgan fingerprint density at radius 2 is 1.63 bits per heavy atom. The van der Waals surface area contributed by atoms with E-state index in [1.54, 1.807) is 50.2 Å². The summed E-state index contributed by atoms with van der Waals surface area (Å²) in [6.07, 6.45) is 2.09. The van der Waals surface area contributed by atoms with Crippen molar-refractivity contribution < 1.29 is 19.4 Å². The van der Waals surface area contributed by atoms with E-state index in [2.05, 4.69) is 0 Å². The van der Waals surface area contributed by atoms with Gasteiger partial charge in [-0.1, -0.05) is 44.2 Å². The number of fused-ring (bicyclic) bond motifs is 4. The van der Waals surface area contributed by atoms with Gasteiger partial charge in [-0.05, 0) is 73.7 Å². The van der Waals surface area contributed by atoms with E-state index in [4.69, 9.17) is 4.74 Å². The second-order valence-corrected chi connectivity index (χ2v) is 11.6. The average molecular weight is 556 g/mol. The molecule has 4 atom stereocenters. The molecule has 2 aromatic carbocycles. The number of allylic oxidation sites excluding steroid dienone is 4. The van der Waals surface area contributed by atoms with Gasteiger partial charge in [0.2, 0.25) is 0 Å². The van der Waals surface area contributed by atoms with Crippen molar-refractivity contribution in [2.24, 2.45) is 10.8 Å². The first-order valence-electron chi connectivity index (χ1n) is 13.9. The van der Waals surface area contributed by atoms with E-state index in [9.17, 15) is 24.3 Å². The number of phenolic OH excluding ortho intramolecular Hbond substituents is 1. The third kappa shape index (κ3) is 3.41. The monoisotopic (exact) mass is 555 g/mol. The first kappa shape index (κ1) is 26.8. The predicted octanol–water partition coefficient (Wildman–Crippen LogP) is 4.07. The highest BCUT2D eigenvalue weighted by atomic mass is 16.5. The minimum atomic E-state index is -1.19. The lowest BCUT2D eigenvalue weighted by Gasteiger charge is -2.58. The number of Topliss-reactive ketones (excluding diaryl/α,β-unsaturated/α-hetero) is 2. The van der Waals surface area contributed by atoms with Crippen LogP contribution in [0.25, 0.3) is 5.69 Å². The standard InChI is InChI=1S/C32H33N3O6/c1-6-41-25-16-20(12-13-24(25)36)26-22-14-15-33-29(39)34(21-10-8-7-9-11-21)30(40)35(33)23(22)17-31(4)27(37)18(2)19(3)28(38)32(26,31)5/h7-14,16,23,26,36H,6,15,17H2,1-5H3. The lowest BCUT2D eigenvalue weighted by Crippen LogP contribution is -2.61. The molecule has 41 heavy (non-hydrogen) atoms. The number of hydrogen-bond donors (Lipinski definition) is 1. The Morgan fingerprint density at radius 3 is 2.32 bits per heavy atom. The van der Waals surface area contributed by atoms with Crippen LogP contribution in [0.2, 0.25) is 0 Å². The normalized spacial score (nSPS) is 27.2. The van der Waals surface area contributed by atoms with Crippen molar-refractivity contribution in [1.29, 1.82) is 0 Å². The maximum absolute atomic E-state index is 14.3. The number of para-hydroxylation sites is 1. The summed E-state index contributed by atoms with van der Waals surface area (Å²) in [7, 11) is 0. The minimum Gasteiger partial charge on any atom is -0.504 e. The summed E-state index contributed by atoms with van der Waals surface area (Å²) in [6, 6.07) is 13.1. The Bertz CT molecular complexity index is 1810. The zero-order valence-electron chi connectivity index (χ0n) is 23.8. The second-order valence-electron chi connectivity index (χ2n) is 11.6. The highest BCUT2D eigenvalue weighted by Crippen LogP contribution is 2.66. The average Bonchev–Trinajstić information content (AvgIpc) is 3.22. The zero-order valence-corrected chi connectivity index (χ0v) is 23.8. The number of carbonyl (C=O) groups excluding carboxylic acids is 2. The number of aromatic nitrogens is 3. The third-order valence-electron chi connectivity index (χ3n) is 9.75. The highest BCUT2D eigenvalue weighted by Gasteiger charge is 2.66. The first-order chi connectivity index (χ1) is 19.5. The molecule has 212 valence electrons. The molecule has 6 rings (SSSR count). The molecule has 1 fully saturated rings. The van der Waals surface area contributed by atoms with Crippen molar-refractivity contribution in [2.45, 2.75) is 59.5 Å². The molecule has 0 amide bonds. The van der Waals surface area contributed by atoms with E-state index in [0.29, 0.717) is 29.0 Å². The van der Waals surface area contributed by atoms with E-state index < -0.39 is 34.2 Å². The molecule has 9 heteroatoms. The molecule has 1 N–H and O–H groups in total. The molecule has 1 saturated carbocycles. The van der Waals surface area contributed by atoms with Crippen molar-refractivity contribution in [1.82, 2.24) is 13.9 Å². The molecule has 3 aromatic rings. The van der Waals surface area contributed by atoms with Gasteiger partial charge in [0.05, 0.1) is 30.3 Å². The Kier molecular flexibility index (Phi) is 5.92. The molecule has 2 aliphatic carbocycles. The summed E-state index contributed by atoms with van der Waals surface area (Å²) in [5.74, 6) is -0.640. The Morgan fingerprint density at radius 1 is 0.951 bits per heavy atom. The highest BCUT2D eigenvalue weighted by molar-refractivity contribution is 6.17. The fourth-order valence-corrected chi connectivity index (χ4v) is 7.36. The molecular weight excluding hydrogens is 522 g/mol. The number of ketones is 2. The molecule has 0 radical (unpaired) electrons. The summed E-state index contributed by atoms with van der Waals surface area (Å²) in [5, 5.41) is 10.5. The Hall–Kier alpha value is -4.40. The molecule has 0 spiro atoms. The van der Waals surface area contributed by atoms with Crippen molar-refractivity contribution in [3.63, 3.8) is 0 Å². The van der Waals surface area contributed by atoms with Crippen LogP contribution in [0, 0.1) is 10.8 Å². The van der Waals surface area contributed by atoms with Gasteiger partial charge in [0, 0.05) is 11.3 Å². The Balaban J connectivity index is 1.64. The fourth-order valence-electron chi connectivity index (χ4n) is 7.36. The van der Waals surface area contributed by atoms with Crippen LogP contribution in [-0.4, -0.2) is 37.2 Å². The number of benzene rings is 2. The molecule has 9 nitrogen and oxygen atoms in total. The van der Waals surface area contributed by atoms with Crippen LogP contribution >= 0.6 is 0 Å². The van der Waals surface area contributed by atoms with Gasteiger partial charge in [-0.3, -0.25) is 9.59 Å². The molecule has 3 aliphatic rings. The number of ether oxygens (including phenoxy) is 1. The van der Waals surface area contributed by atoms with Crippen LogP contribution in [0.5, 0.6) is 11.5 Å². The van der Waals surface area contributed by atoms with Crippen molar-refractivity contribution in [3.8, 4) is 17.2 Å². The van der Waals surface area contributed by atoms with Crippen molar-refractivity contribution >= 4 is 11.6 Å². The van der Waals surface area contributed by atoms with Crippen molar-refractivity contribution in [2.75, 3.05) is 6.61 Å². The quantitative estimate of drug-likeness (QED) is 0.486. The van der Waals surface area contributed by atoms with E-state index in [-0.39, 0.29) is 36.0 Å². The van der Waals surface area contributed by atoms with Gasteiger partial charge < -0.3 is 9.84 Å². The summed E-state index contributed by atoms with van der Waals surface area (Å²) in [5.41, 5.74) is -0.544. The van der Waals surface area contributed by atoms with E-state index in [1.807, 2.05) is 32.9 Å². The van der Waals surface area contributed by atoms with Gasteiger partial charge in [-0.2, -0.15) is 0 Å². The van der Waals surface area contributed by atoms with Crippen LogP contribution in [-0.2, 0) is 16.1 Å². The molecule has 0 bridgehead atoms. The second kappa shape index (κ2) is 9.06. The molecule has 2 heterocycles. The maximum atomic E-state index is 14.3. The summed E-state index contributed by atoms with van der Waals surface area (Å²) >= 11 is 0. The molecule has 1 aromatic heterocycles. The van der Waals surface area contributed by atoms with Crippen LogP contribution < -0.4 is 16.1 Å². The summed E-state index contributed by atoms with van der Waals surface area (Å²) in [6.45, 7) is 9.32. The topological polar surface area (TPSA) is 113 Å². The fraction of sp³-hybridized carbons (Fsp3) is 0.375. The summed E-state index contributed by atoms with van der Waals surface area (Å²) in [4.78, 5) is 56.0. The van der Waals surface area contributed by atoms with Crippen LogP contribution in [0.3, 0.4) is 0 Å². The van der Waals surface area contributed by atoms with Gasteiger partial charge in [0.1, 0.15) is 0 Å². The first-order valence-corrected chi connectivity index (χ1v) is 13.9. The number of nitrogens with zero attached hydrogens (tertiary/aromatic N) is 3. The van der Waals surface area contributed by atoms with Crippen LogP contribution in [0.1, 0.15) is 58.6 Å². The van der Waals surface area contributed by atoms with Gasteiger partial charge >= 0.3 is 11.4 Å². The van der Waals surface area contributed by atoms with E-state index in [0.717, 1.165) is 10.1 Å². The number of carbonyl (C=O) groups is 2. The van der Waals surface area contributed by atoms with Gasteiger partial charge in [-0.15, -0.1) is 0 Å². The number of aromatic hydroxyl groups is 1. The predicted molar refractivity (Wildman–Crippen MR) is 153 cm³/mol. The zero-order chi connectivity index (χ0) is 29.4. The molecule has 1 aliphatic heterocycles. The lowest BCUT2D eigenvalue weighted by atomic mass is 9.43. The van der Waals surface area contributed by atoms with Gasteiger partial charge in [0.25, 0.3) is 0 Å². The number of hydrogen-bond acceptors (Lipinski definition) is 6. The van der Waals surface area contributed by atoms with Crippen molar-refractivity contribution in [3.05, 3.63) is 97.9 Å². The number of rotatable bonds is 4. The van der Waals surface area contributed by atoms with E-state index >= 15 is 0 Å². The largest absolute Gasteiger partial charge is 0.504 e. The molecular formula is C32H33N3O6.